The zero-order valence-electron chi connectivity index (χ0n) is 17.2. The molecule has 2 unspecified atom stereocenters. The molecule has 3 aromatic heterocycles. The van der Waals surface area contributed by atoms with E-state index in [9.17, 15) is 4.79 Å². The van der Waals surface area contributed by atoms with Gasteiger partial charge in [0, 0.05) is 47.6 Å². The van der Waals surface area contributed by atoms with Crippen molar-refractivity contribution in [2.24, 2.45) is 5.92 Å². The minimum Gasteiger partial charge on any atom is -0.495 e. The van der Waals surface area contributed by atoms with Gasteiger partial charge in [-0.3, -0.25) is 9.78 Å². The van der Waals surface area contributed by atoms with E-state index in [4.69, 9.17) is 9.47 Å². The van der Waals surface area contributed by atoms with Gasteiger partial charge in [-0.2, -0.15) is 4.98 Å². The highest BCUT2D eigenvalue weighted by Crippen LogP contribution is 2.47. The summed E-state index contributed by atoms with van der Waals surface area (Å²) in [5.74, 6) is 2.84. The number of ether oxygens (including phenoxy) is 2. The monoisotopic (exact) mass is 404 g/mol. The Kier molecular flexibility index (Phi) is 4.73. The van der Waals surface area contributed by atoms with Gasteiger partial charge in [0.2, 0.25) is 5.88 Å². The highest BCUT2D eigenvalue weighted by atomic mass is 16.5. The molecule has 30 heavy (non-hydrogen) atoms. The van der Waals surface area contributed by atoms with Gasteiger partial charge in [-0.1, -0.05) is 0 Å². The van der Waals surface area contributed by atoms with Gasteiger partial charge in [0.1, 0.15) is 11.6 Å². The molecular weight excluding hydrogens is 380 g/mol. The van der Waals surface area contributed by atoms with Crippen LogP contribution in [0, 0.1) is 12.8 Å². The third kappa shape index (κ3) is 3.44. The number of hydrogen-bond acceptors (Lipinski definition) is 6. The molecule has 2 aliphatic rings. The first kappa shape index (κ1) is 18.8. The number of fused-ring (bicyclic) bond motifs is 1. The van der Waals surface area contributed by atoms with Crippen molar-refractivity contribution in [2.45, 2.75) is 38.6 Å². The molecule has 1 aliphatic carbocycles. The Bertz CT molecular complexity index is 1140. The van der Waals surface area contributed by atoms with Crippen molar-refractivity contribution in [1.29, 1.82) is 0 Å². The lowest BCUT2D eigenvalue weighted by Gasteiger charge is -2.14. The lowest BCUT2D eigenvalue weighted by molar-refractivity contribution is 0.285. The molecule has 0 saturated heterocycles. The van der Waals surface area contributed by atoms with Gasteiger partial charge < -0.3 is 14.0 Å². The second-order valence-corrected chi connectivity index (χ2v) is 7.96. The zero-order valence-corrected chi connectivity index (χ0v) is 17.2. The fourth-order valence-electron chi connectivity index (χ4n) is 4.24. The SMILES string of the molecule is COc1ccc(C2CC2COc2nc(C)ncc2-c2ccc(=O)n3c2CCC3)nc1. The maximum absolute atomic E-state index is 12.2. The van der Waals surface area contributed by atoms with Crippen molar-refractivity contribution in [1.82, 2.24) is 19.5 Å². The Morgan fingerprint density at radius 2 is 2.03 bits per heavy atom. The van der Waals surface area contributed by atoms with Crippen LogP contribution in [-0.2, 0) is 13.0 Å². The quantitative estimate of drug-likeness (QED) is 0.628. The van der Waals surface area contributed by atoms with Crippen LogP contribution in [0.3, 0.4) is 0 Å². The molecule has 0 amide bonds. The van der Waals surface area contributed by atoms with Crippen molar-refractivity contribution in [3.8, 4) is 22.8 Å². The Labute approximate surface area is 174 Å². The van der Waals surface area contributed by atoms with Crippen LogP contribution in [0.15, 0.2) is 41.5 Å². The summed E-state index contributed by atoms with van der Waals surface area (Å²) in [4.78, 5) is 25.6. The maximum atomic E-state index is 12.2. The van der Waals surface area contributed by atoms with E-state index in [1.54, 1.807) is 19.4 Å². The molecule has 154 valence electrons. The molecule has 0 aromatic carbocycles. The zero-order chi connectivity index (χ0) is 20.7. The van der Waals surface area contributed by atoms with E-state index in [1.165, 1.54) is 0 Å². The maximum Gasteiger partial charge on any atom is 0.250 e. The predicted molar refractivity (Wildman–Crippen MR) is 112 cm³/mol. The van der Waals surface area contributed by atoms with E-state index in [1.807, 2.05) is 35.9 Å². The molecule has 7 heteroatoms. The van der Waals surface area contributed by atoms with Crippen LogP contribution in [0.1, 0.15) is 36.0 Å². The molecular formula is C23H24N4O3. The fraction of sp³-hybridized carbons (Fsp3) is 0.391. The van der Waals surface area contributed by atoms with Gasteiger partial charge in [-0.25, -0.2) is 4.98 Å². The molecule has 3 aromatic rings. The molecule has 1 saturated carbocycles. The fourth-order valence-corrected chi connectivity index (χ4v) is 4.24. The van der Waals surface area contributed by atoms with Gasteiger partial charge in [0.15, 0.2) is 0 Å². The van der Waals surface area contributed by atoms with E-state index < -0.39 is 0 Å². The first-order chi connectivity index (χ1) is 14.6. The summed E-state index contributed by atoms with van der Waals surface area (Å²) in [5.41, 5.74) is 4.02. The van der Waals surface area contributed by atoms with Crippen molar-refractivity contribution in [2.75, 3.05) is 13.7 Å². The Balaban J connectivity index is 1.36. The van der Waals surface area contributed by atoms with Crippen LogP contribution >= 0.6 is 0 Å². The highest BCUT2D eigenvalue weighted by molar-refractivity contribution is 5.70. The summed E-state index contributed by atoms with van der Waals surface area (Å²) >= 11 is 0. The smallest absolute Gasteiger partial charge is 0.250 e. The Morgan fingerprint density at radius 1 is 1.13 bits per heavy atom. The molecule has 0 N–H and O–H groups in total. The van der Waals surface area contributed by atoms with Crippen LogP contribution in [0.25, 0.3) is 11.1 Å². The summed E-state index contributed by atoms with van der Waals surface area (Å²) in [6.45, 7) is 3.21. The predicted octanol–water partition coefficient (Wildman–Crippen LogP) is 3.15. The minimum atomic E-state index is 0.0505. The van der Waals surface area contributed by atoms with Crippen LogP contribution in [-0.4, -0.2) is 33.2 Å². The highest BCUT2D eigenvalue weighted by Gasteiger charge is 2.40. The molecule has 1 fully saturated rings. The molecule has 0 spiro atoms. The van der Waals surface area contributed by atoms with E-state index in [0.29, 0.717) is 30.1 Å². The van der Waals surface area contributed by atoms with E-state index >= 15 is 0 Å². The second-order valence-electron chi connectivity index (χ2n) is 7.96. The number of pyridine rings is 2. The summed E-state index contributed by atoms with van der Waals surface area (Å²) in [6.07, 6.45) is 6.48. The average Bonchev–Trinajstić information content (AvgIpc) is 3.37. The first-order valence-corrected chi connectivity index (χ1v) is 10.3. The standard InChI is InChI=1S/C23H24N4O3/c1-14-24-12-19(17-6-8-22(28)27-9-3-4-21(17)27)23(26-14)30-13-15-10-18(15)20-7-5-16(29-2)11-25-20/h5-8,11-12,15,18H,3-4,9-10,13H2,1-2H3. The number of methoxy groups -OCH3 is 1. The minimum absolute atomic E-state index is 0.0505. The van der Waals surface area contributed by atoms with E-state index in [0.717, 1.165) is 54.1 Å². The van der Waals surface area contributed by atoms with Crippen molar-refractivity contribution in [3.63, 3.8) is 0 Å². The van der Waals surface area contributed by atoms with Crippen molar-refractivity contribution < 1.29 is 9.47 Å². The van der Waals surface area contributed by atoms with Crippen LogP contribution in [0.2, 0.25) is 0 Å². The second kappa shape index (κ2) is 7.55. The van der Waals surface area contributed by atoms with Gasteiger partial charge in [-0.15, -0.1) is 0 Å². The molecule has 0 bridgehead atoms. The summed E-state index contributed by atoms with van der Waals surface area (Å²) in [7, 11) is 1.64. The largest absolute Gasteiger partial charge is 0.495 e. The topological polar surface area (TPSA) is 79.1 Å². The summed E-state index contributed by atoms with van der Waals surface area (Å²) < 4.78 is 13.2. The number of rotatable bonds is 6. The number of nitrogens with zero attached hydrogens (tertiary/aromatic N) is 4. The molecule has 0 radical (unpaired) electrons. The first-order valence-electron chi connectivity index (χ1n) is 10.3. The van der Waals surface area contributed by atoms with Crippen LogP contribution in [0.5, 0.6) is 11.6 Å². The number of aromatic nitrogens is 4. The van der Waals surface area contributed by atoms with Gasteiger partial charge >= 0.3 is 0 Å². The Morgan fingerprint density at radius 3 is 2.83 bits per heavy atom. The lowest BCUT2D eigenvalue weighted by atomic mass is 10.1. The molecule has 1 aliphatic heterocycles. The normalized spacial score (nSPS) is 19.4. The average molecular weight is 404 g/mol. The van der Waals surface area contributed by atoms with Crippen molar-refractivity contribution >= 4 is 0 Å². The number of hydrogen-bond donors (Lipinski definition) is 0. The van der Waals surface area contributed by atoms with Crippen molar-refractivity contribution in [3.05, 3.63) is 64.2 Å². The Hall–Kier alpha value is -3.22. The lowest BCUT2D eigenvalue weighted by Crippen LogP contribution is -2.18. The summed E-state index contributed by atoms with van der Waals surface area (Å²) in [5, 5.41) is 0. The van der Waals surface area contributed by atoms with E-state index in [2.05, 4.69) is 15.0 Å². The van der Waals surface area contributed by atoms with E-state index in [-0.39, 0.29) is 5.56 Å². The molecule has 5 rings (SSSR count). The third-order valence-electron chi connectivity index (χ3n) is 5.99. The van der Waals surface area contributed by atoms with Gasteiger partial charge in [-0.05, 0) is 44.4 Å². The molecule has 4 heterocycles. The summed E-state index contributed by atoms with van der Waals surface area (Å²) in [6, 6.07) is 7.47. The van der Waals surface area contributed by atoms with Gasteiger partial charge in [0.25, 0.3) is 5.56 Å². The molecule has 7 nitrogen and oxygen atoms in total. The van der Waals surface area contributed by atoms with Crippen LogP contribution in [0.4, 0.5) is 0 Å². The van der Waals surface area contributed by atoms with Gasteiger partial charge in [0.05, 0.1) is 25.5 Å². The van der Waals surface area contributed by atoms with Crippen LogP contribution < -0.4 is 15.0 Å². The third-order valence-corrected chi connectivity index (χ3v) is 5.99. The molecule has 2 atom stereocenters. The number of aryl methyl sites for hydroxylation is 1.